The molecule has 0 fully saturated rings. The first kappa shape index (κ1) is 27.5. The van der Waals surface area contributed by atoms with Crippen molar-refractivity contribution in [2.45, 2.75) is 0 Å². The molecule has 6 bridgehead atoms. The number of aromatic nitrogens is 4. The molecule has 0 spiro atoms. The van der Waals surface area contributed by atoms with Crippen molar-refractivity contribution in [3.63, 3.8) is 0 Å². The van der Waals surface area contributed by atoms with Gasteiger partial charge in [-0.3, -0.25) is 0 Å². The molecular weight excluding hydrogens is 629 g/mol. The highest BCUT2D eigenvalue weighted by Gasteiger charge is 2.18. The van der Waals surface area contributed by atoms with Crippen LogP contribution in [0.15, 0.2) is 158 Å². The lowest BCUT2D eigenvalue weighted by atomic mass is 10.0. The van der Waals surface area contributed by atoms with Crippen LogP contribution in [-0.4, -0.2) is 19.5 Å². The average Bonchev–Trinajstić information content (AvgIpc) is 3.73. The standard InChI is InChI=1S/C45H26N4S/c1-2-14-31-28-23-24-40-36(26-28)42-35(18-10-22-41(42)50-40)45-47-43(29-12-9-11-27(25-29)30(31)13-1)46-44(48-45)34-17-5-8-21-39(34)49-37-19-6-3-15-32(37)33-16-4-7-20-38(33)49/h1-26H. The molecule has 0 radical (unpaired) electrons. The summed E-state index contributed by atoms with van der Waals surface area (Å²) >= 11 is 1.81. The third-order valence-electron chi connectivity index (χ3n) is 10.0. The first-order chi connectivity index (χ1) is 24.8. The summed E-state index contributed by atoms with van der Waals surface area (Å²) < 4.78 is 4.81. The monoisotopic (exact) mass is 654 g/mol. The van der Waals surface area contributed by atoms with Crippen molar-refractivity contribution in [2.75, 3.05) is 0 Å². The van der Waals surface area contributed by atoms with Gasteiger partial charge in [-0.1, -0.05) is 109 Å². The van der Waals surface area contributed by atoms with Gasteiger partial charge in [-0.25, -0.2) is 15.0 Å². The van der Waals surface area contributed by atoms with E-state index in [0.717, 1.165) is 38.4 Å². The third kappa shape index (κ3) is 4.01. The second kappa shape index (κ2) is 10.5. The lowest BCUT2D eigenvalue weighted by Crippen LogP contribution is -2.00. The molecule has 4 heterocycles. The number of hydrogen-bond donors (Lipinski definition) is 0. The van der Waals surface area contributed by atoms with Gasteiger partial charge in [0.2, 0.25) is 0 Å². The normalized spacial score (nSPS) is 12.0. The fourth-order valence-corrected chi connectivity index (χ4v) is 8.89. The number of fused-ring (bicyclic) bond motifs is 13. The van der Waals surface area contributed by atoms with Crippen LogP contribution < -0.4 is 0 Å². The van der Waals surface area contributed by atoms with Crippen LogP contribution in [0.3, 0.4) is 0 Å². The van der Waals surface area contributed by atoms with Gasteiger partial charge in [-0.15, -0.1) is 11.3 Å². The van der Waals surface area contributed by atoms with Crippen LogP contribution in [0.25, 0.3) is 103 Å². The lowest BCUT2D eigenvalue weighted by Gasteiger charge is -2.13. The van der Waals surface area contributed by atoms with Gasteiger partial charge >= 0.3 is 0 Å². The average molecular weight is 655 g/mol. The van der Waals surface area contributed by atoms with Gasteiger partial charge in [0.15, 0.2) is 17.1 Å². The minimum absolute atomic E-state index is 0.639. The number of rotatable bonds is 2. The van der Waals surface area contributed by atoms with Crippen LogP contribution in [-0.2, 0) is 0 Å². The molecule has 0 atom stereocenters. The Balaban J connectivity index is 1.33. The molecule has 4 nitrogen and oxygen atoms in total. The minimum atomic E-state index is 0.639. The SMILES string of the molecule is c1ccc(-n2c3ccccc3c3ccccc32)c(-c2nc3nc(n2)c2cccc4sc5ccc(cc5c42)c2ccccc2c2cccc3c2)c1. The first-order valence-electron chi connectivity index (χ1n) is 16.8. The van der Waals surface area contributed by atoms with Gasteiger partial charge in [0.05, 0.1) is 16.7 Å². The van der Waals surface area contributed by atoms with Crippen molar-refractivity contribution in [3.05, 3.63) is 158 Å². The van der Waals surface area contributed by atoms with Crippen molar-refractivity contribution >= 4 is 96.9 Å². The zero-order valence-electron chi connectivity index (χ0n) is 26.7. The van der Waals surface area contributed by atoms with E-state index >= 15 is 0 Å². The summed E-state index contributed by atoms with van der Waals surface area (Å²) in [6, 6.07) is 56.3. The maximum atomic E-state index is 5.34. The smallest absolute Gasteiger partial charge is 0.166 e. The number of nitrogens with zero attached hydrogens (tertiary/aromatic N) is 4. The second-order valence-electron chi connectivity index (χ2n) is 12.8. The van der Waals surface area contributed by atoms with E-state index < -0.39 is 0 Å². The fraction of sp³-hybridized carbons (Fsp3) is 0. The van der Waals surface area contributed by atoms with Crippen LogP contribution in [0.4, 0.5) is 0 Å². The first-order valence-corrected chi connectivity index (χ1v) is 17.6. The van der Waals surface area contributed by atoms with Gasteiger partial charge in [-0.2, -0.15) is 0 Å². The number of para-hydroxylation sites is 3. The second-order valence-corrected chi connectivity index (χ2v) is 13.9. The molecule has 0 amide bonds. The molecule has 232 valence electrons. The Bertz CT molecular complexity index is 3170. The highest BCUT2D eigenvalue weighted by atomic mass is 32.1. The zero-order valence-corrected chi connectivity index (χ0v) is 27.5. The summed E-state index contributed by atoms with van der Waals surface area (Å²) in [7, 11) is 0. The summed E-state index contributed by atoms with van der Waals surface area (Å²) in [6.07, 6.45) is 0. The van der Waals surface area contributed by atoms with E-state index in [0.29, 0.717) is 17.1 Å². The Morgan fingerprint density at radius 1 is 0.400 bits per heavy atom. The van der Waals surface area contributed by atoms with E-state index in [4.69, 9.17) is 15.0 Å². The van der Waals surface area contributed by atoms with Crippen molar-refractivity contribution in [1.29, 1.82) is 0 Å². The molecule has 0 aliphatic rings. The molecule has 0 saturated carbocycles. The van der Waals surface area contributed by atoms with Crippen LogP contribution in [0.2, 0.25) is 0 Å². The molecule has 0 saturated heterocycles. The quantitative estimate of drug-likeness (QED) is 0.186. The molecular formula is C45H26N4S. The molecule has 11 rings (SSSR count). The molecule has 50 heavy (non-hydrogen) atoms. The van der Waals surface area contributed by atoms with Crippen LogP contribution in [0.5, 0.6) is 0 Å². The number of thiophene rings is 1. The number of hydrogen-bond acceptors (Lipinski definition) is 4. The molecule has 5 heteroatoms. The molecule has 0 N–H and O–H groups in total. The van der Waals surface area contributed by atoms with Gasteiger partial charge in [0.1, 0.15) is 0 Å². The van der Waals surface area contributed by atoms with Gasteiger partial charge < -0.3 is 4.57 Å². The largest absolute Gasteiger partial charge is 0.309 e. The molecule has 7 aromatic carbocycles. The van der Waals surface area contributed by atoms with Crippen molar-refractivity contribution in [2.24, 2.45) is 0 Å². The van der Waals surface area contributed by atoms with Crippen molar-refractivity contribution in [1.82, 2.24) is 19.5 Å². The predicted octanol–water partition coefficient (Wildman–Crippen LogP) is 12.2. The predicted molar refractivity (Wildman–Crippen MR) is 211 cm³/mol. The lowest BCUT2D eigenvalue weighted by molar-refractivity contribution is 1.14. The highest BCUT2D eigenvalue weighted by Crippen LogP contribution is 2.40. The molecule has 0 unspecified atom stereocenters. The van der Waals surface area contributed by atoms with E-state index in [2.05, 4.69) is 162 Å². The van der Waals surface area contributed by atoms with Crippen LogP contribution >= 0.6 is 11.3 Å². The Hall–Kier alpha value is -6.43. The Morgan fingerprint density at radius 3 is 1.82 bits per heavy atom. The van der Waals surface area contributed by atoms with Crippen molar-refractivity contribution in [3.8, 4) is 17.1 Å². The Labute approximate surface area is 290 Å². The minimum Gasteiger partial charge on any atom is -0.309 e. The maximum Gasteiger partial charge on any atom is 0.166 e. The van der Waals surface area contributed by atoms with E-state index in [1.165, 1.54) is 47.1 Å². The molecule has 0 aliphatic carbocycles. The van der Waals surface area contributed by atoms with E-state index in [1.807, 2.05) is 11.3 Å². The Kier molecular flexibility index (Phi) is 5.80. The highest BCUT2D eigenvalue weighted by molar-refractivity contribution is 7.26. The molecule has 11 aromatic rings. The topological polar surface area (TPSA) is 43.6 Å². The zero-order chi connectivity index (χ0) is 32.8. The summed E-state index contributed by atoms with van der Waals surface area (Å²) in [5.41, 5.74) is 5.57. The summed E-state index contributed by atoms with van der Waals surface area (Å²) in [6.45, 7) is 0. The fourth-order valence-electron chi connectivity index (χ4n) is 7.78. The van der Waals surface area contributed by atoms with E-state index in [1.54, 1.807) is 0 Å². The van der Waals surface area contributed by atoms with Crippen LogP contribution in [0.1, 0.15) is 0 Å². The summed E-state index contributed by atoms with van der Waals surface area (Å²) in [5, 5.41) is 11.5. The van der Waals surface area contributed by atoms with Crippen molar-refractivity contribution < 1.29 is 0 Å². The van der Waals surface area contributed by atoms with E-state index in [-0.39, 0.29) is 0 Å². The summed E-state index contributed by atoms with van der Waals surface area (Å²) in [5.74, 6) is 0.639. The Morgan fingerprint density at radius 2 is 1.02 bits per heavy atom. The molecule has 4 aromatic heterocycles. The van der Waals surface area contributed by atoms with Gasteiger partial charge in [-0.05, 0) is 70.1 Å². The van der Waals surface area contributed by atoms with Crippen LogP contribution in [0, 0.1) is 0 Å². The van der Waals surface area contributed by atoms with E-state index in [9.17, 15) is 0 Å². The summed E-state index contributed by atoms with van der Waals surface area (Å²) in [4.78, 5) is 15.9. The molecule has 0 aliphatic heterocycles. The third-order valence-corrected chi connectivity index (χ3v) is 11.1. The van der Waals surface area contributed by atoms with Gasteiger partial charge in [0, 0.05) is 47.3 Å². The number of benzene rings is 7. The van der Waals surface area contributed by atoms with Gasteiger partial charge in [0.25, 0.3) is 0 Å². The maximum absolute atomic E-state index is 5.34.